The lowest BCUT2D eigenvalue weighted by molar-refractivity contribution is 0.0693. The average Bonchev–Trinajstić information content (AvgIpc) is 2.86. The number of carbonyl (C=O) groups is 3. The predicted molar refractivity (Wildman–Crippen MR) is 99.3 cm³/mol. The smallest absolute Gasteiger partial charge is 0.261 e. The molecule has 2 heterocycles. The minimum atomic E-state index is -0.352. The van der Waals surface area contributed by atoms with Crippen LogP contribution in [0.5, 0.6) is 0 Å². The van der Waals surface area contributed by atoms with Gasteiger partial charge >= 0.3 is 0 Å². The van der Waals surface area contributed by atoms with Crippen LogP contribution in [0.15, 0.2) is 18.2 Å². The zero-order valence-corrected chi connectivity index (χ0v) is 15.6. The molecule has 1 unspecified atom stereocenters. The van der Waals surface area contributed by atoms with Crippen molar-refractivity contribution in [3.8, 4) is 0 Å². The van der Waals surface area contributed by atoms with Gasteiger partial charge in [-0.1, -0.05) is 6.42 Å². The Morgan fingerprint density at radius 3 is 2.69 bits per heavy atom. The lowest BCUT2D eigenvalue weighted by Crippen LogP contribution is -2.38. The van der Waals surface area contributed by atoms with Gasteiger partial charge in [-0.15, -0.1) is 0 Å². The van der Waals surface area contributed by atoms with Gasteiger partial charge in [0.25, 0.3) is 17.7 Å². The van der Waals surface area contributed by atoms with Gasteiger partial charge in [0.15, 0.2) is 0 Å². The predicted octanol–water partition coefficient (Wildman–Crippen LogP) is 2.30. The number of hydrogen-bond acceptors (Lipinski definition) is 4. The van der Waals surface area contributed by atoms with Gasteiger partial charge < -0.3 is 10.2 Å². The number of benzene rings is 1. The van der Waals surface area contributed by atoms with E-state index in [1.165, 1.54) is 38.9 Å². The van der Waals surface area contributed by atoms with Gasteiger partial charge in [-0.05, 0) is 63.9 Å². The van der Waals surface area contributed by atoms with Crippen LogP contribution in [-0.2, 0) is 0 Å². The Bertz CT molecular complexity index is 716. The molecule has 2 aliphatic heterocycles. The number of nitrogens with one attached hydrogen (secondary N) is 1. The summed E-state index contributed by atoms with van der Waals surface area (Å²) >= 11 is 0. The van der Waals surface area contributed by atoms with Gasteiger partial charge in [0.05, 0.1) is 11.1 Å². The summed E-state index contributed by atoms with van der Waals surface area (Å²) in [5.41, 5.74) is 1.10. The molecule has 0 bridgehead atoms. The van der Waals surface area contributed by atoms with Crippen molar-refractivity contribution in [3.63, 3.8) is 0 Å². The number of likely N-dealkylation sites (tertiary alicyclic amines) is 1. The molecule has 6 nitrogen and oxygen atoms in total. The van der Waals surface area contributed by atoms with Crippen molar-refractivity contribution in [3.05, 3.63) is 34.9 Å². The SMILES string of the molecule is CC1CCCCN1CCCCNC(=O)c1ccc2c(c1)C(=O)N(C)C2=O. The summed E-state index contributed by atoms with van der Waals surface area (Å²) in [5, 5.41) is 2.91. The summed E-state index contributed by atoms with van der Waals surface area (Å²) in [6, 6.07) is 5.35. The molecular formula is C20H27N3O3. The summed E-state index contributed by atoms with van der Waals surface area (Å²) in [4.78, 5) is 39.8. The summed E-state index contributed by atoms with van der Waals surface area (Å²) in [6.45, 7) is 5.17. The average molecular weight is 357 g/mol. The van der Waals surface area contributed by atoms with E-state index in [4.69, 9.17) is 0 Å². The molecule has 0 spiro atoms. The van der Waals surface area contributed by atoms with E-state index in [2.05, 4.69) is 17.1 Å². The molecule has 26 heavy (non-hydrogen) atoms. The molecule has 2 aliphatic rings. The van der Waals surface area contributed by atoms with Gasteiger partial charge in [0.1, 0.15) is 0 Å². The second-order valence-corrected chi connectivity index (χ2v) is 7.27. The number of amides is 3. The van der Waals surface area contributed by atoms with E-state index in [1.54, 1.807) is 12.1 Å². The van der Waals surface area contributed by atoms with E-state index in [9.17, 15) is 14.4 Å². The standard InChI is InChI=1S/C20H27N3O3/c1-14-7-3-5-11-23(14)12-6-4-10-21-18(24)15-8-9-16-17(13-15)20(26)22(2)19(16)25/h8-9,13-14H,3-7,10-12H2,1-2H3,(H,21,24). The highest BCUT2D eigenvalue weighted by atomic mass is 16.2. The highest BCUT2D eigenvalue weighted by Crippen LogP contribution is 2.22. The van der Waals surface area contributed by atoms with Crippen molar-refractivity contribution in [2.75, 3.05) is 26.7 Å². The fourth-order valence-electron chi connectivity index (χ4n) is 3.74. The van der Waals surface area contributed by atoms with E-state index in [-0.39, 0.29) is 17.7 Å². The van der Waals surface area contributed by atoms with Crippen LogP contribution in [0.1, 0.15) is 70.1 Å². The van der Waals surface area contributed by atoms with Crippen molar-refractivity contribution in [2.24, 2.45) is 0 Å². The molecule has 140 valence electrons. The topological polar surface area (TPSA) is 69.7 Å². The largest absolute Gasteiger partial charge is 0.352 e. The van der Waals surface area contributed by atoms with Crippen molar-refractivity contribution in [1.82, 2.24) is 15.1 Å². The molecule has 0 aliphatic carbocycles. The monoisotopic (exact) mass is 357 g/mol. The number of carbonyl (C=O) groups excluding carboxylic acids is 3. The highest BCUT2D eigenvalue weighted by Gasteiger charge is 2.33. The van der Waals surface area contributed by atoms with Crippen molar-refractivity contribution >= 4 is 17.7 Å². The van der Waals surface area contributed by atoms with Crippen LogP contribution >= 0.6 is 0 Å². The molecule has 6 heteroatoms. The molecule has 1 saturated heterocycles. The van der Waals surface area contributed by atoms with E-state index in [1.807, 2.05) is 0 Å². The molecule has 1 aromatic rings. The number of rotatable bonds is 6. The number of unbranched alkanes of at least 4 members (excludes halogenated alkanes) is 1. The zero-order valence-electron chi connectivity index (χ0n) is 15.6. The first-order valence-electron chi connectivity index (χ1n) is 9.47. The van der Waals surface area contributed by atoms with E-state index in [0.717, 1.165) is 24.3 Å². The summed E-state index contributed by atoms with van der Waals surface area (Å²) < 4.78 is 0. The van der Waals surface area contributed by atoms with Gasteiger partial charge in [0, 0.05) is 25.2 Å². The van der Waals surface area contributed by atoms with Crippen LogP contribution < -0.4 is 5.32 Å². The Hall–Kier alpha value is -2.21. The van der Waals surface area contributed by atoms with Crippen LogP contribution in [0.2, 0.25) is 0 Å². The fraction of sp³-hybridized carbons (Fsp3) is 0.550. The molecule has 0 saturated carbocycles. The summed E-state index contributed by atoms with van der Waals surface area (Å²) in [6.07, 6.45) is 5.90. The lowest BCUT2D eigenvalue weighted by Gasteiger charge is -2.33. The first kappa shape index (κ1) is 18.6. The zero-order chi connectivity index (χ0) is 18.7. The fourth-order valence-corrected chi connectivity index (χ4v) is 3.74. The Balaban J connectivity index is 1.46. The van der Waals surface area contributed by atoms with Crippen LogP contribution in [0.25, 0.3) is 0 Å². The first-order valence-corrected chi connectivity index (χ1v) is 9.47. The Morgan fingerprint density at radius 2 is 1.92 bits per heavy atom. The maximum Gasteiger partial charge on any atom is 0.261 e. The van der Waals surface area contributed by atoms with Crippen LogP contribution in [0.3, 0.4) is 0 Å². The second-order valence-electron chi connectivity index (χ2n) is 7.27. The molecule has 1 atom stereocenters. The van der Waals surface area contributed by atoms with Crippen LogP contribution in [0.4, 0.5) is 0 Å². The van der Waals surface area contributed by atoms with Crippen LogP contribution in [-0.4, -0.2) is 60.2 Å². The van der Waals surface area contributed by atoms with Gasteiger partial charge in [-0.2, -0.15) is 0 Å². The van der Waals surface area contributed by atoms with E-state index >= 15 is 0 Å². The van der Waals surface area contributed by atoms with Crippen molar-refractivity contribution in [1.29, 1.82) is 0 Å². The maximum atomic E-state index is 12.3. The number of nitrogens with zero attached hydrogens (tertiary/aromatic N) is 2. The molecular weight excluding hydrogens is 330 g/mol. The highest BCUT2D eigenvalue weighted by molar-refractivity contribution is 6.21. The third-order valence-electron chi connectivity index (χ3n) is 5.45. The molecule has 3 rings (SSSR count). The van der Waals surface area contributed by atoms with Crippen LogP contribution in [0, 0.1) is 0 Å². The van der Waals surface area contributed by atoms with Gasteiger partial charge in [-0.25, -0.2) is 0 Å². The minimum absolute atomic E-state index is 0.200. The molecule has 0 aromatic heterocycles. The number of piperidine rings is 1. The Kier molecular flexibility index (Phi) is 5.71. The number of imide groups is 1. The molecule has 1 fully saturated rings. The van der Waals surface area contributed by atoms with Gasteiger partial charge in [-0.3, -0.25) is 19.3 Å². The number of fused-ring (bicyclic) bond motifs is 1. The normalized spacial score (nSPS) is 20.4. The molecule has 1 N–H and O–H groups in total. The summed E-state index contributed by atoms with van der Waals surface area (Å²) in [7, 11) is 1.45. The molecule has 1 aromatic carbocycles. The summed E-state index contributed by atoms with van der Waals surface area (Å²) in [5.74, 6) is -0.867. The van der Waals surface area contributed by atoms with Crippen molar-refractivity contribution < 1.29 is 14.4 Å². The first-order chi connectivity index (χ1) is 12.5. The van der Waals surface area contributed by atoms with Crippen molar-refractivity contribution in [2.45, 2.75) is 45.1 Å². The maximum absolute atomic E-state index is 12.3. The minimum Gasteiger partial charge on any atom is -0.352 e. The number of hydrogen-bond donors (Lipinski definition) is 1. The third-order valence-corrected chi connectivity index (χ3v) is 5.45. The van der Waals surface area contributed by atoms with Gasteiger partial charge in [0.2, 0.25) is 0 Å². The van der Waals surface area contributed by atoms with E-state index in [0.29, 0.717) is 29.3 Å². The third kappa shape index (κ3) is 3.80. The lowest BCUT2D eigenvalue weighted by atomic mass is 10.0. The Labute approximate surface area is 154 Å². The second kappa shape index (κ2) is 7.99. The molecule has 0 radical (unpaired) electrons. The quantitative estimate of drug-likeness (QED) is 0.626. The molecule has 3 amide bonds. The van der Waals surface area contributed by atoms with E-state index < -0.39 is 0 Å². The Morgan fingerprint density at radius 1 is 1.15 bits per heavy atom.